The van der Waals surface area contributed by atoms with Gasteiger partial charge in [0.1, 0.15) is 0 Å². The molecule has 3 rings (SSSR count). The molecule has 7 nitrogen and oxygen atoms in total. The summed E-state index contributed by atoms with van der Waals surface area (Å²) in [6, 6.07) is 7.19. The molecule has 0 aliphatic carbocycles. The molecular weight excluding hydrogens is 364 g/mol. The van der Waals surface area contributed by atoms with Crippen molar-refractivity contribution >= 4 is 34.9 Å². The lowest BCUT2D eigenvalue weighted by Crippen LogP contribution is -2.51. The summed E-state index contributed by atoms with van der Waals surface area (Å²) in [5.41, 5.74) is 0.510. The first kappa shape index (κ1) is 19.3. The number of benzene rings is 1. The van der Waals surface area contributed by atoms with Gasteiger partial charge in [0.2, 0.25) is 11.8 Å². The van der Waals surface area contributed by atoms with Gasteiger partial charge in [0.05, 0.1) is 10.9 Å². The van der Waals surface area contributed by atoms with Crippen molar-refractivity contribution in [1.29, 1.82) is 0 Å². The van der Waals surface area contributed by atoms with Gasteiger partial charge in [0, 0.05) is 45.1 Å². The van der Waals surface area contributed by atoms with Crippen LogP contribution in [0.2, 0.25) is 0 Å². The number of nitrogens with one attached hydrogen (secondary N) is 1. The van der Waals surface area contributed by atoms with Crippen LogP contribution in [0.15, 0.2) is 29.1 Å². The Morgan fingerprint density at radius 2 is 1.74 bits per heavy atom. The molecule has 1 aliphatic heterocycles. The number of hydrogen-bond donors (Lipinski definition) is 1. The fraction of sp³-hybridized carbons (Fsp3) is 0.474. The largest absolute Gasteiger partial charge is 0.339 e. The number of carbonyl (C=O) groups excluding carboxylic acids is 2. The number of hydrogen-bond acceptors (Lipinski definition) is 4. The van der Waals surface area contributed by atoms with E-state index in [2.05, 4.69) is 4.98 Å². The van der Waals surface area contributed by atoms with Crippen LogP contribution in [0.5, 0.6) is 0 Å². The maximum absolute atomic E-state index is 12.6. The summed E-state index contributed by atoms with van der Waals surface area (Å²) in [5.74, 6) is 0.0611. The van der Waals surface area contributed by atoms with E-state index in [4.69, 9.17) is 12.2 Å². The summed E-state index contributed by atoms with van der Waals surface area (Å²) in [5, 5.41) is 0.555. The van der Waals surface area contributed by atoms with E-state index >= 15 is 0 Å². The van der Waals surface area contributed by atoms with Crippen LogP contribution < -0.4 is 5.56 Å². The number of rotatable bonds is 4. The van der Waals surface area contributed by atoms with Gasteiger partial charge in [-0.15, -0.1) is 0 Å². The Balaban J connectivity index is 1.64. The third kappa shape index (κ3) is 4.10. The highest BCUT2D eigenvalue weighted by Gasteiger charge is 2.25. The van der Waals surface area contributed by atoms with E-state index in [9.17, 15) is 14.4 Å². The molecule has 1 aromatic heterocycles. The number of aromatic nitrogens is 2. The fourth-order valence-corrected chi connectivity index (χ4v) is 3.59. The minimum absolute atomic E-state index is 0.0268. The molecule has 0 atom stereocenters. The van der Waals surface area contributed by atoms with Crippen LogP contribution in [-0.2, 0) is 16.1 Å². The van der Waals surface area contributed by atoms with Crippen LogP contribution in [0.25, 0.3) is 10.9 Å². The summed E-state index contributed by atoms with van der Waals surface area (Å²) in [4.78, 5) is 43.8. The van der Waals surface area contributed by atoms with Crippen LogP contribution in [0.4, 0.5) is 0 Å². The maximum Gasteiger partial charge on any atom is 0.262 e. The number of carbonyl (C=O) groups is 2. The molecule has 1 N–H and O–H groups in total. The standard InChI is InChI=1S/C19H24N4O3S/c1-13(2)17(25)22-11-9-21(10-12-22)16(24)7-8-23-18(26)14-5-3-4-6-15(14)20-19(23)27/h3-6,13H,7-12H2,1-2H3,(H,20,27). The van der Waals surface area contributed by atoms with E-state index in [1.54, 1.807) is 28.0 Å². The summed E-state index contributed by atoms with van der Waals surface area (Å²) in [6.07, 6.45) is 0.202. The molecule has 0 radical (unpaired) electrons. The third-order valence-electron chi connectivity index (χ3n) is 4.88. The average Bonchev–Trinajstić information content (AvgIpc) is 2.67. The summed E-state index contributed by atoms with van der Waals surface area (Å²) in [7, 11) is 0. The van der Waals surface area contributed by atoms with Gasteiger partial charge in [-0.05, 0) is 24.4 Å². The van der Waals surface area contributed by atoms with Crippen LogP contribution >= 0.6 is 12.2 Å². The van der Waals surface area contributed by atoms with Gasteiger partial charge < -0.3 is 14.8 Å². The molecule has 27 heavy (non-hydrogen) atoms. The fourth-order valence-electron chi connectivity index (χ4n) is 3.31. The van der Waals surface area contributed by atoms with E-state index in [0.717, 1.165) is 0 Å². The number of H-pyrrole nitrogens is 1. The summed E-state index contributed by atoms with van der Waals surface area (Å²) < 4.78 is 1.76. The molecule has 2 heterocycles. The Kier molecular flexibility index (Phi) is 5.74. The van der Waals surface area contributed by atoms with Crippen molar-refractivity contribution in [3.8, 4) is 0 Å². The molecule has 1 fully saturated rings. The van der Waals surface area contributed by atoms with Crippen LogP contribution in [0.3, 0.4) is 0 Å². The van der Waals surface area contributed by atoms with Crippen LogP contribution in [-0.4, -0.2) is 57.3 Å². The zero-order valence-electron chi connectivity index (χ0n) is 15.6. The van der Waals surface area contributed by atoms with Crippen molar-refractivity contribution < 1.29 is 9.59 Å². The predicted molar refractivity (Wildman–Crippen MR) is 106 cm³/mol. The van der Waals surface area contributed by atoms with Gasteiger partial charge in [0.25, 0.3) is 5.56 Å². The van der Waals surface area contributed by atoms with E-state index in [0.29, 0.717) is 41.9 Å². The second-order valence-corrected chi connectivity index (χ2v) is 7.43. The number of para-hydroxylation sites is 1. The van der Waals surface area contributed by atoms with E-state index in [-0.39, 0.29) is 36.3 Å². The molecule has 0 spiro atoms. The third-order valence-corrected chi connectivity index (χ3v) is 5.20. The quantitative estimate of drug-likeness (QED) is 0.810. The van der Waals surface area contributed by atoms with Gasteiger partial charge in [-0.2, -0.15) is 0 Å². The molecule has 2 amide bonds. The monoisotopic (exact) mass is 388 g/mol. The first-order valence-electron chi connectivity index (χ1n) is 9.17. The molecule has 0 bridgehead atoms. The van der Waals surface area contributed by atoms with Gasteiger partial charge in [-0.1, -0.05) is 26.0 Å². The molecule has 0 unspecified atom stereocenters. The van der Waals surface area contributed by atoms with E-state index in [1.165, 1.54) is 4.57 Å². The topological polar surface area (TPSA) is 78.4 Å². The lowest BCUT2D eigenvalue weighted by atomic mass is 10.1. The van der Waals surface area contributed by atoms with Crippen LogP contribution in [0, 0.1) is 10.7 Å². The molecule has 0 saturated carbocycles. The molecule has 144 valence electrons. The SMILES string of the molecule is CC(C)C(=O)N1CCN(C(=O)CCn2c(=S)[nH]c3ccccc3c2=O)CC1. The molecule has 1 aromatic carbocycles. The minimum Gasteiger partial charge on any atom is -0.339 e. The summed E-state index contributed by atoms with van der Waals surface area (Å²) in [6.45, 7) is 6.16. The van der Waals surface area contributed by atoms with Gasteiger partial charge in [-0.25, -0.2) is 0 Å². The average molecular weight is 388 g/mol. The van der Waals surface area contributed by atoms with Gasteiger partial charge in [0.15, 0.2) is 4.77 Å². The zero-order valence-corrected chi connectivity index (χ0v) is 16.4. The lowest BCUT2D eigenvalue weighted by Gasteiger charge is -2.35. The van der Waals surface area contributed by atoms with Crippen molar-refractivity contribution in [3.05, 3.63) is 39.4 Å². The zero-order chi connectivity index (χ0) is 19.6. The molecular formula is C19H24N4O3S. The van der Waals surface area contributed by atoms with Gasteiger partial charge >= 0.3 is 0 Å². The lowest BCUT2D eigenvalue weighted by molar-refractivity contribution is -0.141. The number of fused-ring (bicyclic) bond motifs is 1. The number of nitrogens with zero attached hydrogens (tertiary/aromatic N) is 3. The van der Waals surface area contributed by atoms with Crippen molar-refractivity contribution in [2.45, 2.75) is 26.8 Å². The first-order chi connectivity index (χ1) is 12.9. The summed E-state index contributed by atoms with van der Waals surface area (Å²) >= 11 is 5.28. The van der Waals surface area contributed by atoms with Gasteiger partial charge in [-0.3, -0.25) is 19.0 Å². The highest BCUT2D eigenvalue weighted by molar-refractivity contribution is 7.71. The second kappa shape index (κ2) is 8.04. The Bertz CT molecular complexity index is 971. The molecule has 1 aliphatic rings. The van der Waals surface area contributed by atoms with Crippen molar-refractivity contribution in [3.63, 3.8) is 0 Å². The van der Waals surface area contributed by atoms with E-state index < -0.39 is 0 Å². The highest BCUT2D eigenvalue weighted by Crippen LogP contribution is 2.10. The van der Waals surface area contributed by atoms with E-state index in [1.807, 2.05) is 19.9 Å². The van der Waals surface area contributed by atoms with Crippen molar-refractivity contribution in [1.82, 2.24) is 19.4 Å². The minimum atomic E-state index is -0.186. The number of piperazine rings is 1. The molecule has 1 saturated heterocycles. The smallest absolute Gasteiger partial charge is 0.262 e. The Morgan fingerprint density at radius 1 is 1.11 bits per heavy atom. The highest BCUT2D eigenvalue weighted by atomic mass is 32.1. The van der Waals surface area contributed by atoms with Crippen molar-refractivity contribution in [2.75, 3.05) is 26.2 Å². The van der Waals surface area contributed by atoms with Crippen LogP contribution in [0.1, 0.15) is 20.3 Å². The number of amides is 2. The number of aromatic amines is 1. The second-order valence-electron chi connectivity index (χ2n) is 7.04. The normalized spacial score (nSPS) is 14.8. The molecule has 8 heteroatoms. The van der Waals surface area contributed by atoms with Crippen molar-refractivity contribution in [2.24, 2.45) is 5.92 Å². The Labute approximate surface area is 162 Å². The molecule has 2 aromatic rings. The first-order valence-corrected chi connectivity index (χ1v) is 9.57. The predicted octanol–water partition coefficient (Wildman–Crippen LogP) is 1.78. The Morgan fingerprint density at radius 3 is 2.41 bits per heavy atom. The Hall–Kier alpha value is -2.48. The maximum atomic E-state index is 12.6.